The van der Waals surface area contributed by atoms with E-state index >= 15 is 0 Å². The molecule has 0 radical (unpaired) electrons. The largest absolute Gasteiger partial charge is 0.493 e. The standard InChI is InChI=1S/C15H17ClN2O2/c1-19-13-6-5-11(10-14(13)20-2)7-9-18-15-12(16)4-3-8-17-15/h3-6,8,10H,7,9H2,1-2H3,(H,17,18). The Bertz CT molecular complexity index is 576. The van der Waals surface area contributed by atoms with Gasteiger partial charge in [-0.3, -0.25) is 0 Å². The molecule has 0 saturated heterocycles. The molecule has 0 saturated carbocycles. The van der Waals surface area contributed by atoms with Crippen LogP contribution in [0.1, 0.15) is 5.56 Å². The Morgan fingerprint density at radius 3 is 2.65 bits per heavy atom. The minimum absolute atomic E-state index is 0.625. The van der Waals surface area contributed by atoms with E-state index in [0.717, 1.165) is 30.0 Å². The fourth-order valence-corrected chi connectivity index (χ4v) is 2.07. The zero-order valence-electron chi connectivity index (χ0n) is 11.5. The Labute approximate surface area is 123 Å². The zero-order chi connectivity index (χ0) is 14.4. The third-order valence-corrected chi connectivity index (χ3v) is 3.22. The zero-order valence-corrected chi connectivity index (χ0v) is 12.3. The first-order valence-electron chi connectivity index (χ1n) is 6.30. The topological polar surface area (TPSA) is 43.4 Å². The van der Waals surface area contributed by atoms with Crippen LogP contribution >= 0.6 is 11.6 Å². The number of aromatic nitrogens is 1. The molecule has 0 atom stereocenters. The van der Waals surface area contributed by atoms with Crippen LogP contribution in [0.3, 0.4) is 0 Å². The van der Waals surface area contributed by atoms with Crippen molar-refractivity contribution in [3.63, 3.8) is 0 Å². The molecule has 1 aromatic heterocycles. The fraction of sp³-hybridized carbons (Fsp3) is 0.267. The quantitative estimate of drug-likeness (QED) is 0.886. The van der Waals surface area contributed by atoms with Crippen molar-refractivity contribution >= 4 is 17.4 Å². The lowest BCUT2D eigenvalue weighted by Crippen LogP contribution is -2.06. The first-order valence-corrected chi connectivity index (χ1v) is 6.67. The number of anilines is 1. The SMILES string of the molecule is COc1ccc(CCNc2ncccc2Cl)cc1OC. The molecule has 1 heterocycles. The van der Waals surface area contributed by atoms with Gasteiger partial charge in [0.05, 0.1) is 19.2 Å². The van der Waals surface area contributed by atoms with Gasteiger partial charge in [0, 0.05) is 12.7 Å². The van der Waals surface area contributed by atoms with E-state index in [2.05, 4.69) is 10.3 Å². The van der Waals surface area contributed by atoms with Crippen molar-refractivity contribution < 1.29 is 9.47 Å². The average molecular weight is 293 g/mol. The highest BCUT2D eigenvalue weighted by atomic mass is 35.5. The van der Waals surface area contributed by atoms with Crippen LogP contribution in [0.2, 0.25) is 5.02 Å². The Balaban J connectivity index is 1.96. The summed E-state index contributed by atoms with van der Waals surface area (Å²) < 4.78 is 10.5. The van der Waals surface area contributed by atoms with Gasteiger partial charge in [-0.05, 0) is 36.2 Å². The lowest BCUT2D eigenvalue weighted by atomic mass is 10.1. The van der Waals surface area contributed by atoms with Crippen LogP contribution in [0.4, 0.5) is 5.82 Å². The molecular weight excluding hydrogens is 276 g/mol. The van der Waals surface area contributed by atoms with Crippen LogP contribution in [0, 0.1) is 0 Å². The van der Waals surface area contributed by atoms with E-state index in [9.17, 15) is 0 Å². The number of pyridine rings is 1. The second kappa shape index (κ2) is 7.01. The summed E-state index contributed by atoms with van der Waals surface area (Å²) in [6.45, 7) is 0.742. The molecule has 0 spiro atoms. The summed E-state index contributed by atoms with van der Waals surface area (Å²) in [5.41, 5.74) is 1.15. The van der Waals surface area contributed by atoms with Crippen LogP contribution in [0.5, 0.6) is 11.5 Å². The first-order chi connectivity index (χ1) is 9.74. The molecule has 2 aromatic rings. The molecule has 5 heteroatoms. The third kappa shape index (κ3) is 3.54. The van der Waals surface area contributed by atoms with Gasteiger partial charge in [-0.25, -0.2) is 4.98 Å². The van der Waals surface area contributed by atoms with Crippen LogP contribution in [-0.4, -0.2) is 25.7 Å². The molecule has 0 bridgehead atoms. The van der Waals surface area contributed by atoms with Crippen molar-refractivity contribution in [3.05, 3.63) is 47.1 Å². The maximum Gasteiger partial charge on any atom is 0.160 e. The molecule has 0 aliphatic heterocycles. The van der Waals surface area contributed by atoms with E-state index in [1.165, 1.54) is 0 Å². The van der Waals surface area contributed by atoms with Crippen LogP contribution in [0.25, 0.3) is 0 Å². The van der Waals surface area contributed by atoms with Crippen LogP contribution in [0.15, 0.2) is 36.5 Å². The molecular formula is C15H17ClN2O2. The van der Waals surface area contributed by atoms with Gasteiger partial charge < -0.3 is 14.8 Å². The summed E-state index contributed by atoms with van der Waals surface area (Å²) in [5.74, 6) is 2.17. The number of nitrogens with zero attached hydrogens (tertiary/aromatic N) is 1. The van der Waals surface area contributed by atoms with Crippen molar-refractivity contribution in [2.45, 2.75) is 6.42 Å². The number of methoxy groups -OCH3 is 2. The van der Waals surface area contributed by atoms with Gasteiger partial charge in [0.15, 0.2) is 11.5 Å². The maximum absolute atomic E-state index is 6.03. The molecule has 0 amide bonds. The van der Waals surface area contributed by atoms with Gasteiger partial charge in [-0.2, -0.15) is 0 Å². The summed E-state index contributed by atoms with van der Waals surface area (Å²) in [5, 5.41) is 3.84. The molecule has 0 aliphatic rings. The lowest BCUT2D eigenvalue weighted by molar-refractivity contribution is 0.354. The van der Waals surface area contributed by atoms with Crippen molar-refractivity contribution in [1.82, 2.24) is 4.98 Å². The number of hydrogen-bond donors (Lipinski definition) is 1. The lowest BCUT2D eigenvalue weighted by Gasteiger charge is -2.10. The summed E-state index contributed by atoms with van der Waals surface area (Å²) in [6, 6.07) is 9.51. The molecule has 20 heavy (non-hydrogen) atoms. The molecule has 1 N–H and O–H groups in total. The number of benzene rings is 1. The predicted molar refractivity (Wildman–Crippen MR) is 81.0 cm³/mol. The maximum atomic E-state index is 6.03. The second-order valence-corrected chi connectivity index (χ2v) is 4.61. The van der Waals surface area contributed by atoms with Crippen LogP contribution in [-0.2, 0) is 6.42 Å². The molecule has 1 aromatic carbocycles. The molecule has 0 aliphatic carbocycles. The normalized spacial score (nSPS) is 10.2. The van der Waals surface area contributed by atoms with Crippen molar-refractivity contribution in [3.8, 4) is 11.5 Å². The predicted octanol–water partition coefficient (Wildman–Crippen LogP) is 3.41. The van der Waals surface area contributed by atoms with Crippen molar-refractivity contribution in [2.24, 2.45) is 0 Å². The van der Waals surface area contributed by atoms with Gasteiger partial charge >= 0.3 is 0 Å². The highest BCUT2D eigenvalue weighted by Crippen LogP contribution is 2.27. The number of ether oxygens (including phenoxy) is 2. The van der Waals surface area contributed by atoms with E-state index in [0.29, 0.717) is 10.8 Å². The molecule has 0 fully saturated rings. The Hall–Kier alpha value is -1.94. The molecule has 2 rings (SSSR count). The summed E-state index contributed by atoms with van der Waals surface area (Å²) in [6.07, 6.45) is 2.55. The summed E-state index contributed by atoms with van der Waals surface area (Å²) in [4.78, 5) is 4.18. The van der Waals surface area contributed by atoms with E-state index in [4.69, 9.17) is 21.1 Å². The van der Waals surface area contributed by atoms with Crippen LogP contribution < -0.4 is 14.8 Å². The Morgan fingerprint density at radius 1 is 1.15 bits per heavy atom. The number of halogens is 1. The van der Waals surface area contributed by atoms with Gasteiger partial charge in [0.1, 0.15) is 5.82 Å². The molecule has 0 unspecified atom stereocenters. The van der Waals surface area contributed by atoms with E-state index in [1.807, 2.05) is 30.3 Å². The summed E-state index contributed by atoms with van der Waals surface area (Å²) >= 11 is 6.03. The smallest absolute Gasteiger partial charge is 0.160 e. The average Bonchev–Trinajstić information content (AvgIpc) is 2.49. The highest BCUT2D eigenvalue weighted by molar-refractivity contribution is 6.32. The fourth-order valence-electron chi connectivity index (χ4n) is 1.88. The van der Waals surface area contributed by atoms with Gasteiger partial charge in [0.25, 0.3) is 0 Å². The summed E-state index contributed by atoms with van der Waals surface area (Å²) in [7, 11) is 3.26. The molecule has 4 nitrogen and oxygen atoms in total. The minimum Gasteiger partial charge on any atom is -0.493 e. The van der Waals surface area contributed by atoms with Crippen molar-refractivity contribution in [2.75, 3.05) is 26.1 Å². The van der Waals surface area contributed by atoms with Gasteiger partial charge in [-0.1, -0.05) is 17.7 Å². The number of rotatable bonds is 6. The second-order valence-electron chi connectivity index (χ2n) is 4.20. The number of nitrogens with one attached hydrogen (secondary N) is 1. The van der Waals surface area contributed by atoms with Gasteiger partial charge in [0.2, 0.25) is 0 Å². The van der Waals surface area contributed by atoms with Gasteiger partial charge in [-0.15, -0.1) is 0 Å². The van der Waals surface area contributed by atoms with Crippen molar-refractivity contribution in [1.29, 1.82) is 0 Å². The third-order valence-electron chi connectivity index (χ3n) is 2.91. The monoisotopic (exact) mass is 292 g/mol. The first kappa shape index (κ1) is 14.5. The number of hydrogen-bond acceptors (Lipinski definition) is 4. The van der Waals surface area contributed by atoms with E-state index in [1.54, 1.807) is 20.4 Å². The highest BCUT2D eigenvalue weighted by Gasteiger charge is 2.05. The minimum atomic E-state index is 0.625. The Morgan fingerprint density at radius 2 is 1.95 bits per heavy atom. The Kier molecular flexibility index (Phi) is 5.07. The van der Waals surface area contributed by atoms with E-state index in [-0.39, 0.29) is 0 Å². The molecule has 106 valence electrons. The van der Waals surface area contributed by atoms with E-state index < -0.39 is 0 Å².